The molecule has 0 fully saturated rings. The average molecular weight is 319 g/mol. The average Bonchev–Trinajstić information content (AvgIpc) is 3.01. The zero-order chi connectivity index (χ0) is 15.9. The van der Waals surface area contributed by atoms with E-state index in [9.17, 15) is 9.59 Å². The van der Waals surface area contributed by atoms with E-state index in [2.05, 4.69) is 10.5 Å². The van der Waals surface area contributed by atoms with Crippen LogP contribution < -0.4 is 11.1 Å². The van der Waals surface area contributed by atoms with Crippen molar-refractivity contribution in [1.29, 1.82) is 0 Å². The number of aromatic nitrogens is 1. The number of primary amides is 1. The first-order chi connectivity index (χ1) is 10.5. The van der Waals surface area contributed by atoms with Crippen molar-refractivity contribution >= 4 is 28.2 Å². The van der Waals surface area contributed by atoms with Gasteiger partial charge in [0.1, 0.15) is 10.8 Å². The third kappa shape index (κ3) is 2.41. The second-order valence-corrected chi connectivity index (χ2v) is 6.67. The molecule has 0 radical (unpaired) electrons. The predicted molar refractivity (Wildman–Crippen MR) is 83.4 cm³/mol. The van der Waals surface area contributed by atoms with Gasteiger partial charge >= 0.3 is 0 Å². The van der Waals surface area contributed by atoms with Crippen molar-refractivity contribution < 1.29 is 14.1 Å². The van der Waals surface area contributed by atoms with Crippen molar-refractivity contribution in [3.05, 3.63) is 33.0 Å². The molecule has 1 aliphatic rings. The number of thiophene rings is 1. The lowest BCUT2D eigenvalue weighted by Gasteiger charge is -2.09. The van der Waals surface area contributed by atoms with Gasteiger partial charge in [-0.25, -0.2) is 0 Å². The summed E-state index contributed by atoms with van der Waals surface area (Å²) in [7, 11) is 0. The number of carbonyl (C=O) groups excluding carboxylic acids is 2. The van der Waals surface area contributed by atoms with Gasteiger partial charge in [0, 0.05) is 16.9 Å². The minimum Gasteiger partial charge on any atom is -0.365 e. The van der Waals surface area contributed by atoms with Crippen LogP contribution in [0, 0.1) is 13.8 Å². The summed E-state index contributed by atoms with van der Waals surface area (Å²) in [5.74, 6) is -0.0972. The molecule has 0 spiro atoms. The molecule has 2 aromatic heterocycles. The molecule has 0 saturated carbocycles. The Bertz CT molecular complexity index is 760. The largest absolute Gasteiger partial charge is 0.365 e. The second kappa shape index (κ2) is 5.57. The number of nitrogens with two attached hydrogens (primary N) is 1. The molecule has 1 aliphatic carbocycles. The number of nitrogens with one attached hydrogen (secondary N) is 1. The maximum absolute atomic E-state index is 12.5. The van der Waals surface area contributed by atoms with Gasteiger partial charge in [0.15, 0.2) is 5.69 Å². The lowest BCUT2D eigenvalue weighted by molar-refractivity contribution is 0.100. The lowest BCUT2D eigenvalue weighted by Crippen LogP contribution is -2.19. The Morgan fingerprint density at radius 3 is 2.73 bits per heavy atom. The van der Waals surface area contributed by atoms with E-state index in [1.165, 1.54) is 11.3 Å². The van der Waals surface area contributed by atoms with Crippen LogP contribution >= 0.6 is 11.3 Å². The number of nitrogens with zero attached hydrogens (tertiary/aromatic N) is 1. The van der Waals surface area contributed by atoms with Crippen LogP contribution in [0.1, 0.15) is 55.5 Å². The first-order valence-corrected chi connectivity index (χ1v) is 7.99. The Morgan fingerprint density at radius 2 is 2.00 bits per heavy atom. The van der Waals surface area contributed by atoms with Gasteiger partial charge in [-0.1, -0.05) is 5.16 Å². The van der Waals surface area contributed by atoms with Crippen molar-refractivity contribution in [3.8, 4) is 0 Å². The number of hydrogen-bond acceptors (Lipinski definition) is 5. The Morgan fingerprint density at radius 1 is 1.27 bits per heavy atom. The molecule has 0 aliphatic heterocycles. The van der Waals surface area contributed by atoms with Crippen LogP contribution in [-0.2, 0) is 12.8 Å². The molecule has 7 heteroatoms. The molecule has 2 heterocycles. The predicted octanol–water partition coefficient (Wildman–Crippen LogP) is 2.58. The summed E-state index contributed by atoms with van der Waals surface area (Å²) in [5, 5.41) is 7.13. The molecule has 0 atom stereocenters. The number of anilines is 1. The lowest BCUT2D eigenvalue weighted by atomic mass is 9.96. The number of fused-ring (bicyclic) bond motifs is 1. The normalized spacial score (nSPS) is 13.7. The molecule has 3 rings (SSSR count). The minimum absolute atomic E-state index is 0.314. The van der Waals surface area contributed by atoms with Crippen molar-refractivity contribution in [2.45, 2.75) is 39.5 Å². The second-order valence-electron chi connectivity index (χ2n) is 5.45. The highest BCUT2D eigenvalue weighted by molar-refractivity contribution is 7.16. The molecule has 22 heavy (non-hydrogen) atoms. The summed E-state index contributed by atoms with van der Waals surface area (Å²) in [5.41, 5.74) is 7.78. The molecule has 116 valence electrons. The number of hydrogen-bond donors (Lipinski definition) is 2. The molecule has 3 N–H and O–H groups in total. The summed E-state index contributed by atoms with van der Waals surface area (Å²) < 4.78 is 5.25. The third-order valence-electron chi connectivity index (χ3n) is 4.02. The quantitative estimate of drug-likeness (QED) is 0.908. The van der Waals surface area contributed by atoms with E-state index in [4.69, 9.17) is 10.3 Å². The number of rotatable bonds is 3. The van der Waals surface area contributed by atoms with Gasteiger partial charge in [-0.15, -0.1) is 11.3 Å². The summed E-state index contributed by atoms with van der Waals surface area (Å²) in [6.07, 6.45) is 3.70. The molecule has 0 aromatic carbocycles. The maximum atomic E-state index is 12.5. The van der Waals surface area contributed by atoms with Crippen LogP contribution in [0.4, 0.5) is 5.00 Å². The Hall–Kier alpha value is -2.15. The standard InChI is InChI=1S/C15H17N3O3S/c1-7-8(2)22-15(11(7)13(16)19)17-14(20)12-9-5-3-4-6-10(9)21-18-12/h3-6H2,1-2H3,(H2,16,19)(H,17,20). The van der Waals surface area contributed by atoms with Crippen molar-refractivity contribution in [1.82, 2.24) is 5.16 Å². The zero-order valence-electron chi connectivity index (χ0n) is 12.5. The molecule has 2 aromatic rings. The van der Waals surface area contributed by atoms with Crippen LogP contribution in [0.3, 0.4) is 0 Å². The van der Waals surface area contributed by atoms with E-state index < -0.39 is 5.91 Å². The highest BCUT2D eigenvalue weighted by atomic mass is 32.1. The van der Waals surface area contributed by atoms with E-state index in [-0.39, 0.29) is 5.91 Å². The fourth-order valence-electron chi connectivity index (χ4n) is 2.74. The monoisotopic (exact) mass is 319 g/mol. The first-order valence-electron chi connectivity index (χ1n) is 7.17. The molecule has 0 saturated heterocycles. The van der Waals surface area contributed by atoms with Gasteiger partial charge in [0.2, 0.25) is 0 Å². The summed E-state index contributed by atoms with van der Waals surface area (Å²) in [4.78, 5) is 25.0. The summed E-state index contributed by atoms with van der Waals surface area (Å²) in [6.45, 7) is 3.71. The first kappa shape index (κ1) is 14.8. The maximum Gasteiger partial charge on any atom is 0.278 e. The van der Waals surface area contributed by atoms with E-state index in [0.717, 1.165) is 47.4 Å². The van der Waals surface area contributed by atoms with E-state index in [0.29, 0.717) is 16.3 Å². The highest BCUT2D eigenvalue weighted by Gasteiger charge is 2.26. The fourth-order valence-corrected chi connectivity index (χ4v) is 3.80. The molecule has 2 amide bonds. The smallest absolute Gasteiger partial charge is 0.278 e. The number of aryl methyl sites for hydroxylation is 2. The topological polar surface area (TPSA) is 98.2 Å². The van der Waals surface area contributed by atoms with Gasteiger partial charge in [-0.05, 0) is 38.7 Å². The number of amides is 2. The van der Waals surface area contributed by atoms with Crippen LogP contribution in [0.5, 0.6) is 0 Å². The van der Waals surface area contributed by atoms with Crippen LogP contribution in [0.2, 0.25) is 0 Å². The van der Waals surface area contributed by atoms with Crippen LogP contribution in [0.15, 0.2) is 4.52 Å². The Balaban J connectivity index is 1.91. The molecule has 6 nitrogen and oxygen atoms in total. The van der Waals surface area contributed by atoms with E-state index in [1.54, 1.807) is 0 Å². The van der Waals surface area contributed by atoms with Crippen molar-refractivity contribution in [2.24, 2.45) is 5.73 Å². The zero-order valence-corrected chi connectivity index (χ0v) is 13.3. The van der Waals surface area contributed by atoms with E-state index >= 15 is 0 Å². The number of carbonyl (C=O) groups is 2. The van der Waals surface area contributed by atoms with Crippen molar-refractivity contribution in [3.63, 3.8) is 0 Å². The summed E-state index contributed by atoms with van der Waals surface area (Å²) >= 11 is 1.34. The third-order valence-corrected chi connectivity index (χ3v) is 5.15. The van der Waals surface area contributed by atoms with Gasteiger partial charge in [-0.3, -0.25) is 9.59 Å². The Kier molecular flexibility index (Phi) is 3.74. The van der Waals surface area contributed by atoms with Gasteiger partial charge in [0.05, 0.1) is 5.56 Å². The molecular weight excluding hydrogens is 302 g/mol. The summed E-state index contributed by atoms with van der Waals surface area (Å²) in [6, 6.07) is 0. The van der Waals surface area contributed by atoms with Gasteiger partial charge < -0.3 is 15.6 Å². The molecule has 0 bridgehead atoms. The van der Waals surface area contributed by atoms with Crippen molar-refractivity contribution in [2.75, 3.05) is 5.32 Å². The SMILES string of the molecule is Cc1sc(NC(=O)c2noc3c2CCCC3)c(C(N)=O)c1C. The van der Waals surface area contributed by atoms with Crippen LogP contribution in [-0.4, -0.2) is 17.0 Å². The van der Waals surface area contributed by atoms with Gasteiger partial charge in [0.25, 0.3) is 11.8 Å². The van der Waals surface area contributed by atoms with E-state index in [1.807, 2.05) is 13.8 Å². The van der Waals surface area contributed by atoms with Crippen LogP contribution in [0.25, 0.3) is 0 Å². The Labute approximate surface area is 131 Å². The fraction of sp³-hybridized carbons (Fsp3) is 0.400. The molecule has 0 unspecified atom stereocenters. The van der Waals surface area contributed by atoms with Gasteiger partial charge in [-0.2, -0.15) is 0 Å². The highest BCUT2D eigenvalue weighted by Crippen LogP contribution is 2.33. The minimum atomic E-state index is -0.542. The molecular formula is C15H17N3O3S.